The van der Waals surface area contributed by atoms with Gasteiger partial charge >= 0.3 is 5.97 Å². The standard InChI is InChI=1S/C21H19N5O8S/c1-12-13(2)23-34-21(12)24-35(31,32)16-6-3-14(4-7-16)22-19(27)10-25-11-20(28)33-18-9-15(26(29)30)5-8-17(18)25/h3-9,24H,10-11H2,1-2H3,(H,22,27). The van der Waals surface area contributed by atoms with Crippen molar-refractivity contribution in [2.45, 2.75) is 18.7 Å². The number of benzene rings is 2. The summed E-state index contributed by atoms with van der Waals surface area (Å²) < 4.78 is 37.6. The first kappa shape index (κ1) is 23.7. The van der Waals surface area contributed by atoms with Crippen molar-refractivity contribution < 1.29 is 32.2 Å². The molecular weight excluding hydrogens is 482 g/mol. The average molecular weight is 501 g/mol. The molecule has 0 bridgehead atoms. The number of amides is 1. The van der Waals surface area contributed by atoms with Gasteiger partial charge in [0.2, 0.25) is 11.8 Å². The minimum Gasteiger partial charge on any atom is -0.423 e. The molecule has 0 atom stereocenters. The molecule has 4 rings (SSSR count). The van der Waals surface area contributed by atoms with Gasteiger partial charge in [-0.2, -0.15) is 0 Å². The highest BCUT2D eigenvalue weighted by molar-refractivity contribution is 7.92. The first-order valence-corrected chi connectivity index (χ1v) is 11.6. The van der Waals surface area contributed by atoms with Crippen molar-refractivity contribution in [2.24, 2.45) is 0 Å². The SMILES string of the molecule is Cc1noc(NS(=O)(=O)c2ccc(NC(=O)CN3CC(=O)Oc4cc([N+](=O)[O-])ccc43)cc2)c1C. The monoisotopic (exact) mass is 501 g/mol. The zero-order valence-electron chi connectivity index (χ0n) is 18.5. The lowest BCUT2D eigenvalue weighted by Crippen LogP contribution is -2.41. The number of carbonyl (C=O) groups is 2. The highest BCUT2D eigenvalue weighted by atomic mass is 32.2. The van der Waals surface area contributed by atoms with Crippen molar-refractivity contribution in [1.29, 1.82) is 0 Å². The maximum absolute atomic E-state index is 12.6. The van der Waals surface area contributed by atoms with Crippen molar-refractivity contribution in [3.8, 4) is 5.75 Å². The van der Waals surface area contributed by atoms with Gasteiger partial charge in [-0.25, -0.2) is 17.9 Å². The second kappa shape index (κ2) is 9.06. The Morgan fingerprint density at radius 1 is 1.20 bits per heavy atom. The van der Waals surface area contributed by atoms with E-state index in [0.29, 0.717) is 22.6 Å². The molecule has 0 saturated heterocycles. The predicted molar refractivity (Wildman–Crippen MR) is 123 cm³/mol. The highest BCUT2D eigenvalue weighted by Crippen LogP contribution is 2.35. The summed E-state index contributed by atoms with van der Waals surface area (Å²) in [4.78, 5) is 36.2. The van der Waals surface area contributed by atoms with Crippen LogP contribution >= 0.6 is 0 Å². The van der Waals surface area contributed by atoms with Crippen LogP contribution in [0.1, 0.15) is 11.3 Å². The van der Waals surface area contributed by atoms with Crippen LogP contribution in [0.25, 0.3) is 0 Å². The normalized spacial score (nSPS) is 13.1. The Balaban J connectivity index is 1.43. The number of esters is 1. The highest BCUT2D eigenvalue weighted by Gasteiger charge is 2.27. The van der Waals surface area contributed by atoms with Gasteiger partial charge in [-0.05, 0) is 44.2 Å². The molecule has 35 heavy (non-hydrogen) atoms. The number of anilines is 3. The van der Waals surface area contributed by atoms with Gasteiger partial charge in [0.1, 0.15) is 6.54 Å². The molecular formula is C21H19N5O8S. The fourth-order valence-corrected chi connectivity index (χ4v) is 4.33. The lowest BCUT2D eigenvalue weighted by molar-refractivity contribution is -0.384. The summed E-state index contributed by atoms with van der Waals surface area (Å²) in [6, 6.07) is 9.20. The van der Waals surface area contributed by atoms with Crippen LogP contribution in [0.2, 0.25) is 0 Å². The van der Waals surface area contributed by atoms with Crippen molar-refractivity contribution in [3.05, 3.63) is 63.8 Å². The van der Waals surface area contributed by atoms with Crippen LogP contribution in [-0.4, -0.2) is 43.5 Å². The molecule has 0 radical (unpaired) electrons. The third-order valence-electron chi connectivity index (χ3n) is 5.21. The number of ether oxygens (including phenoxy) is 1. The summed E-state index contributed by atoms with van der Waals surface area (Å²) in [5, 5.41) is 17.3. The van der Waals surface area contributed by atoms with Gasteiger partial charge in [-0.3, -0.25) is 14.9 Å². The van der Waals surface area contributed by atoms with E-state index in [1.807, 2.05) is 0 Å². The molecule has 1 aromatic heterocycles. The third-order valence-corrected chi connectivity index (χ3v) is 6.55. The Hall–Kier alpha value is -4.46. The number of aryl methyl sites for hydroxylation is 1. The quantitative estimate of drug-likeness (QED) is 0.212. The summed E-state index contributed by atoms with van der Waals surface area (Å²) in [6.07, 6.45) is 0. The second-order valence-electron chi connectivity index (χ2n) is 7.64. The van der Waals surface area contributed by atoms with Gasteiger partial charge in [0, 0.05) is 17.3 Å². The maximum Gasteiger partial charge on any atom is 0.331 e. The minimum atomic E-state index is -3.94. The van der Waals surface area contributed by atoms with Gasteiger partial charge in [-0.1, -0.05) is 5.16 Å². The molecule has 2 heterocycles. The lowest BCUT2D eigenvalue weighted by Gasteiger charge is -2.28. The van der Waals surface area contributed by atoms with Crippen LogP contribution in [0.3, 0.4) is 0 Å². The summed E-state index contributed by atoms with van der Waals surface area (Å²) >= 11 is 0. The van der Waals surface area contributed by atoms with E-state index in [2.05, 4.69) is 15.2 Å². The number of hydrogen-bond acceptors (Lipinski definition) is 10. The zero-order chi connectivity index (χ0) is 25.3. The summed E-state index contributed by atoms with van der Waals surface area (Å²) in [6.45, 7) is 2.89. The van der Waals surface area contributed by atoms with Crippen molar-refractivity contribution in [1.82, 2.24) is 5.16 Å². The summed E-state index contributed by atoms with van der Waals surface area (Å²) in [7, 11) is -3.94. The molecule has 0 unspecified atom stereocenters. The van der Waals surface area contributed by atoms with E-state index in [1.54, 1.807) is 13.8 Å². The van der Waals surface area contributed by atoms with Crippen LogP contribution < -0.4 is 19.7 Å². The number of hydrogen-bond donors (Lipinski definition) is 2. The van der Waals surface area contributed by atoms with E-state index >= 15 is 0 Å². The van der Waals surface area contributed by atoms with E-state index in [1.165, 1.54) is 41.3 Å². The topological polar surface area (TPSA) is 174 Å². The summed E-state index contributed by atoms with van der Waals surface area (Å²) in [5.41, 5.74) is 1.56. The van der Waals surface area contributed by atoms with Crippen molar-refractivity contribution in [3.63, 3.8) is 0 Å². The number of nitrogens with one attached hydrogen (secondary N) is 2. The number of sulfonamides is 1. The number of carbonyl (C=O) groups excluding carboxylic acids is 2. The Morgan fingerprint density at radius 2 is 1.91 bits per heavy atom. The molecule has 1 aliphatic heterocycles. The molecule has 0 saturated carbocycles. The van der Waals surface area contributed by atoms with Crippen LogP contribution in [0.15, 0.2) is 51.9 Å². The molecule has 182 valence electrons. The third kappa shape index (κ3) is 5.06. The smallest absolute Gasteiger partial charge is 0.331 e. The second-order valence-corrected chi connectivity index (χ2v) is 9.32. The molecule has 2 aromatic carbocycles. The van der Waals surface area contributed by atoms with Crippen molar-refractivity contribution in [2.75, 3.05) is 28.0 Å². The van der Waals surface area contributed by atoms with Crippen molar-refractivity contribution >= 4 is 44.8 Å². The number of nitro groups is 1. The molecule has 0 aliphatic carbocycles. The van der Waals surface area contributed by atoms with Gasteiger partial charge in [0.25, 0.3) is 15.7 Å². The van der Waals surface area contributed by atoms with Crippen LogP contribution in [0, 0.1) is 24.0 Å². The maximum atomic E-state index is 12.6. The molecule has 0 fully saturated rings. The fourth-order valence-electron chi connectivity index (χ4n) is 3.28. The van der Waals surface area contributed by atoms with Gasteiger partial charge in [0.15, 0.2) is 5.75 Å². The number of non-ortho nitro benzene ring substituents is 1. The number of nitrogens with zero attached hydrogens (tertiary/aromatic N) is 3. The molecule has 3 aromatic rings. The molecule has 0 spiro atoms. The van der Waals surface area contributed by atoms with Gasteiger partial charge in [-0.15, -0.1) is 0 Å². The number of nitro benzene ring substituents is 1. The fraction of sp³-hybridized carbons (Fsp3) is 0.190. The first-order chi connectivity index (χ1) is 16.5. The average Bonchev–Trinajstić information content (AvgIpc) is 3.10. The first-order valence-electron chi connectivity index (χ1n) is 10.1. The van der Waals surface area contributed by atoms with E-state index in [0.717, 1.165) is 6.07 Å². The van der Waals surface area contributed by atoms with Crippen LogP contribution in [0.5, 0.6) is 5.75 Å². The molecule has 13 nitrogen and oxygen atoms in total. The molecule has 14 heteroatoms. The van der Waals surface area contributed by atoms with Gasteiger partial charge < -0.3 is 19.5 Å². The number of rotatable bonds is 7. The van der Waals surface area contributed by atoms with Gasteiger partial charge in [0.05, 0.1) is 33.8 Å². The number of fused-ring (bicyclic) bond motifs is 1. The van der Waals surface area contributed by atoms with E-state index < -0.39 is 26.8 Å². The zero-order valence-corrected chi connectivity index (χ0v) is 19.3. The Bertz CT molecular complexity index is 1430. The van der Waals surface area contributed by atoms with E-state index in [4.69, 9.17) is 9.26 Å². The van der Waals surface area contributed by atoms with E-state index in [9.17, 15) is 28.1 Å². The largest absolute Gasteiger partial charge is 0.423 e. The lowest BCUT2D eigenvalue weighted by atomic mass is 10.2. The summed E-state index contributed by atoms with van der Waals surface area (Å²) in [5.74, 6) is -1.15. The Labute approximate surface area is 198 Å². The van der Waals surface area contributed by atoms with Crippen LogP contribution in [0.4, 0.5) is 22.9 Å². The molecule has 2 N–H and O–H groups in total. The minimum absolute atomic E-state index is 0.0116. The Kier molecular flexibility index (Phi) is 6.13. The number of aromatic nitrogens is 1. The Morgan fingerprint density at radius 3 is 2.54 bits per heavy atom. The van der Waals surface area contributed by atoms with E-state index in [-0.39, 0.29) is 35.3 Å². The molecule has 1 aliphatic rings. The molecule has 1 amide bonds. The van der Waals surface area contributed by atoms with Crippen LogP contribution in [-0.2, 0) is 19.6 Å². The predicted octanol–water partition coefficient (Wildman–Crippen LogP) is 2.36.